The van der Waals surface area contributed by atoms with Crippen LogP contribution in [0.1, 0.15) is 19.8 Å². The van der Waals surface area contributed by atoms with Gasteiger partial charge in [-0.3, -0.25) is 9.59 Å². The van der Waals surface area contributed by atoms with E-state index in [1.807, 2.05) is 6.07 Å². The van der Waals surface area contributed by atoms with E-state index in [9.17, 15) is 14.9 Å². The third kappa shape index (κ3) is 6.71. The number of rotatable bonds is 9. The fraction of sp³-hybridized carbons (Fsp3) is 0.476. The second kappa shape index (κ2) is 11.6. The molecule has 1 aliphatic heterocycles. The highest BCUT2D eigenvalue weighted by atomic mass is 16.5. The predicted molar refractivity (Wildman–Crippen MR) is 106 cm³/mol. The minimum absolute atomic E-state index is 0.0315. The molecule has 0 aromatic heterocycles. The van der Waals surface area contributed by atoms with E-state index in [4.69, 9.17) is 14.2 Å². The smallest absolute Gasteiger partial charge is 0.309 e. The number of benzene rings is 1. The molecule has 1 saturated heterocycles. The monoisotopic (exact) mass is 401 g/mol. The van der Waals surface area contributed by atoms with Crippen LogP contribution in [-0.2, 0) is 14.3 Å². The van der Waals surface area contributed by atoms with Gasteiger partial charge in [0.1, 0.15) is 29.7 Å². The van der Waals surface area contributed by atoms with Crippen LogP contribution >= 0.6 is 0 Å². The van der Waals surface area contributed by atoms with Crippen molar-refractivity contribution >= 4 is 11.9 Å². The number of nitriles is 1. The van der Waals surface area contributed by atoms with Crippen LogP contribution in [0.3, 0.4) is 0 Å². The van der Waals surface area contributed by atoms with Gasteiger partial charge in [0.2, 0.25) is 0 Å². The maximum atomic E-state index is 12.5. The molecule has 1 aromatic carbocycles. The molecule has 1 fully saturated rings. The SMILES string of the molecule is CCOC(=O)C1CCN(C(=O)/C(C#N)=C\NCCOc2ccc(OC)cc2)CC1. The second-order valence-electron chi connectivity index (χ2n) is 6.47. The van der Waals surface area contributed by atoms with E-state index in [1.165, 1.54) is 6.20 Å². The first-order valence-electron chi connectivity index (χ1n) is 9.65. The fourth-order valence-electron chi connectivity index (χ4n) is 2.96. The van der Waals surface area contributed by atoms with E-state index in [0.29, 0.717) is 51.4 Å². The van der Waals surface area contributed by atoms with Gasteiger partial charge in [-0.25, -0.2) is 0 Å². The molecule has 0 radical (unpaired) electrons. The van der Waals surface area contributed by atoms with Gasteiger partial charge in [-0.05, 0) is 44.0 Å². The Labute approximate surface area is 171 Å². The number of amides is 1. The summed E-state index contributed by atoms with van der Waals surface area (Å²) in [5, 5.41) is 12.2. The van der Waals surface area contributed by atoms with Crippen molar-refractivity contribution in [3.8, 4) is 17.6 Å². The summed E-state index contributed by atoms with van der Waals surface area (Å²) < 4.78 is 15.7. The summed E-state index contributed by atoms with van der Waals surface area (Å²) in [5.41, 5.74) is 0.0315. The van der Waals surface area contributed by atoms with Gasteiger partial charge >= 0.3 is 5.97 Å². The van der Waals surface area contributed by atoms with Crippen LogP contribution < -0.4 is 14.8 Å². The number of esters is 1. The molecule has 0 spiro atoms. The van der Waals surface area contributed by atoms with Crippen LogP contribution in [0.2, 0.25) is 0 Å². The van der Waals surface area contributed by atoms with Crippen LogP contribution in [0.4, 0.5) is 0 Å². The first-order valence-corrected chi connectivity index (χ1v) is 9.65. The van der Waals surface area contributed by atoms with Crippen molar-refractivity contribution in [3.05, 3.63) is 36.0 Å². The molecule has 0 bridgehead atoms. The van der Waals surface area contributed by atoms with Crippen molar-refractivity contribution in [1.82, 2.24) is 10.2 Å². The van der Waals surface area contributed by atoms with Crippen LogP contribution in [0.5, 0.6) is 11.5 Å². The average Bonchev–Trinajstić information content (AvgIpc) is 2.76. The summed E-state index contributed by atoms with van der Waals surface area (Å²) >= 11 is 0. The van der Waals surface area contributed by atoms with Crippen molar-refractivity contribution in [1.29, 1.82) is 5.26 Å². The summed E-state index contributed by atoms with van der Waals surface area (Å²) in [6, 6.07) is 9.16. The number of methoxy groups -OCH3 is 1. The number of carbonyl (C=O) groups is 2. The first kappa shape index (κ1) is 22.1. The van der Waals surface area contributed by atoms with Gasteiger partial charge in [-0.1, -0.05) is 0 Å². The minimum Gasteiger partial charge on any atom is -0.497 e. The molecule has 156 valence electrons. The minimum atomic E-state index is -0.335. The molecule has 29 heavy (non-hydrogen) atoms. The third-order valence-electron chi connectivity index (χ3n) is 4.57. The van der Waals surface area contributed by atoms with Crippen molar-refractivity contribution in [3.63, 3.8) is 0 Å². The first-order chi connectivity index (χ1) is 14.1. The van der Waals surface area contributed by atoms with E-state index in [2.05, 4.69) is 5.32 Å². The molecule has 1 aromatic rings. The molecule has 1 amide bonds. The number of carbonyl (C=O) groups excluding carboxylic acids is 2. The number of ether oxygens (including phenoxy) is 3. The molecule has 1 aliphatic rings. The van der Waals surface area contributed by atoms with Gasteiger partial charge in [0.25, 0.3) is 5.91 Å². The Hall–Kier alpha value is -3.21. The molecule has 1 heterocycles. The van der Waals surface area contributed by atoms with Gasteiger partial charge in [0, 0.05) is 25.8 Å². The van der Waals surface area contributed by atoms with Crippen molar-refractivity contribution in [2.45, 2.75) is 19.8 Å². The Kier molecular flexibility index (Phi) is 8.83. The lowest BCUT2D eigenvalue weighted by Crippen LogP contribution is -2.41. The molecule has 2 rings (SSSR count). The molecule has 0 saturated carbocycles. The zero-order chi connectivity index (χ0) is 21.1. The second-order valence-corrected chi connectivity index (χ2v) is 6.47. The molecule has 0 aliphatic carbocycles. The van der Waals surface area contributed by atoms with E-state index in [0.717, 1.165) is 5.75 Å². The molecule has 8 nitrogen and oxygen atoms in total. The van der Waals surface area contributed by atoms with Crippen LogP contribution in [-0.4, -0.2) is 56.7 Å². The topological polar surface area (TPSA) is 101 Å². The molecule has 0 atom stereocenters. The molecular weight excluding hydrogens is 374 g/mol. The van der Waals surface area contributed by atoms with E-state index in [1.54, 1.807) is 43.2 Å². The zero-order valence-electron chi connectivity index (χ0n) is 16.8. The fourth-order valence-corrected chi connectivity index (χ4v) is 2.96. The Morgan fingerprint density at radius 1 is 1.24 bits per heavy atom. The number of hydrogen-bond acceptors (Lipinski definition) is 7. The van der Waals surface area contributed by atoms with Crippen LogP contribution in [0.25, 0.3) is 0 Å². The third-order valence-corrected chi connectivity index (χ3v) is 4.57. The molecule has 0 unspecified atom stereocenters. The Morgan fingerprint density at radius 2 is 1.90 bits per heavy atom. The molecular formula is C21H27N3O5. The molecule has 1 N–H and O–H groups in total. The Balaban J connectivity index is 1.75. The lowest BCUT2D eigenvalue weighted by atomic mass is 9.96. The highest BCUT2D eigenvalue weighted by molar-refractivity contribution is 5.97. The maximum absolute atomic E-state index is 12.5. The van der Waals surface area contributed by atoms with Gasteiger partial charge in [0.05, 0.1) is 19.6 Å². The van der Waals surface area contributed by atoms with Crippen molar-refractivity contribution in [2.75, 3.05) is 40.0 Å². The maximum Gasteiger partial charge on any atom is 0.309 e. The standard InChI is InChI=1S/C21H27N3O5/c1-3-28-21(26)16-8-11-24(12-9-16)20(25)17(14-22)15-23-10-13-29-19-6-4-18(27-2)5-7-19/h4-7,15-16,23H,3,8-13H2,1-2H3/b17-15-. The summed E-state index contributed by atoms with van der Waals surface area (Å²) in [6.45, 7) is 3.81. The van der Waals surface area contributed by atoms with E-state index < -0.39 is 0 Å². The number of likely N-dealkylation sites (tertiary alicyclic amines) is 1. The van der Waals surface area contributed by atoms with Gasteiger partial charge in [0.15, 0.2) is 0 Å². The van der Waals surface area contributed by atoms with Crippen molar-refractivity contribution < 1.29 is 23.8 Å². The number of hydrogen-bond donors (Lipinski definition) is 1. The van der Waals surface area contributed by atoms with Gasteiger partial charge < -0.3 is 24.4 Å². The number of piperidine rings is 1. The Morgan fingerprint density at radius 3 is 2.48 bits per heavy atom. The summed E-state index contributed by atoms with van der Waals surface area (Å²) in [7, 11) is 1.60. The Bertz CT molecular complexity index is 747. The van der Waals surface area contributed by atoms with Crippen LogP contribution in [0, 0.1) is 17.2 Å². The summed E-state index contributed by atoms with van der Waals surface area (Å²) in [6.07, 6.45) is 2.51. The zero-order valence-corrected chi connectivity index (χ0v) is 16.8. The summed E-state index contributed by atoms with van der Waals surface area (Å²) in [4.78, 5) is 25.9. The predicted octanol–water partition coefficient (Wildman–Crippen LogP) is 1.87. The quantitative estimate of drug-likeness (QED) is 0.292. The van der Waals surface area contributed by atoms with E-state index in [-0.39, 0.29) is 23.4 Å². The van der Waals surface area contributed by atoms with E-state index >= 15 is 0 Å². The number of nitrogens with zero attached hydrogens (tertiary/aromatic N) is 2. The highest BCUT2D eigenvalue weighted by Gasteiger charge is 2.29. The van der Waals surface area contributed by atoms with Gasteiger partial charge in [-0.2, -0.15) is 5.26 Å². The average molecular weight is 401 g/mol. The molecule has 8 heteroatoms. The lowest BCUT2D eigenvalue weighted by molar-refractivity contribution is -0.150. The number of nitrogens with one attached hydrogen (secondary N) is 1. The van der Waals surface area contributed by atoms with Crippen molar-refractivity contribution in [2.24, 2.45) is 5.92 Å². The normalized spacial score (nSPS) is 14.7. The summed E-state index contributed by atoms with van der Waals surface area (Å²) in [5.74, 6) is 0.730. The highest BCUT2D eigenvalue weighted by Crippen LogP contribution is 2.20. The lowest BCUT2D eigenvalue weighted by Gasteiger charge is -2.30. The largest absolute Gasteiger partial charge is 0.497 e. The van der Waals surface area contributed by atoms with Gasteiger partial charge in [-0.15, -0.1) is 0 Å². The van der Waals surface area contributed by atoms with Crippen LogP contribution in [0.15, 0.2) is 36.0 Å².